The van der Waals surface area contributed by atoms with Gasteiger partial charge < -0.3 is 19.0 Å². The van der Waals surface area contributed by atoms with E-state index < -0.39 is 16.5 Å². The standard InChI is InChI=1S/C33H23BrN4O8/c1-2-44-28-14-20(13-26(38(42)43)30(28)45-18-19-7-9-21(10-8-19)33(40)41)17-35-37-31(36-25-6-4-3-5-24(25)32(37)39)29-16-22-15-23(34)11-12-27(22)46-29/h3-17H,2,18H2,1H3,(H,40,41). The molecule has 0 saturated heterocycles. The number of hydrogen-bond acceptors (Lipinski definition) is 9. The third-order valence-corrected chi connectivity index (χ3v) is 7.41. The van der Waals surface area contributed by atoms with Crippen molar-refractivity contribution in [2.45, 2.75) is 13.5 Å². The van der Waals surface area contributed by atoms with Gasteiger partial charge in [-0.1, -0.05) is 40.2 Å². The van der Waals surface area contributed by atoms with E-state index in [1.54, 1.807) is 55.5 Å². The van der Waals surface area contributed by atoms with Crippen LogP contribution in [0, 0.1) is 10.1 Å². The number of fused-ring (bicyclic) bond motifs is 2. The Bertz CT molecular complexity index is 2220. The number of aromatic carboxylic acids is 1. The normalized spacial score (nSPS) is 11.3. The number of carboxylic acid groups (broad SMARTS) is 1. The summed E-state index contributed by atoms with van der Waals surface area (Å²) in [7, 11) is 0. The fourth-order valence-electron chi connectivity index (χ4n) is 4.76. The second-order valence-corrected chi connectivity index (χ2v) is 10.9. The molecule has 6 aromatic rings. The summed E-state index contributed by atoms with van der Waals surface area (Å²) in [5, 5.41) is 26.8. The molecule has 0 bridgehead atoms. The number of aromatic nitrogens is 2. The number of furan rings is 1. The van der Waals surface area contributed by atoms with Crippen LogP contribution in [-0.4, -0.2) is 38.5 Å². The summed E-state index contributed by atoms with van der Waals surface area (Å²) in [6.45, 7) is 1.82. The van der Waals surface area contributed by atoms with Crippen LogP contribution in [0.3, 0.4) is 0 Å². The quantitative estimate of drug-likeness (QED) is 0.0908. The maximum atomic E-state index is 13.7. The van der Waals surface area contributed by atoms with Crippen molar-refractivity contribution in [2.75, 3.05) is 6.61 Å². The molecule has 46 heavy (non-hydrogen) atoms. The summed E-state index contributed by atoms with van der Waals surface area (Å²) in [6, 6.07) is 22.8. The molecule has 1 N–H and O–H groups in total. The highest BCUT2D eigenvalue weighted by molar-refractivity contribution is 9.10. The zero-order valence-corrected chi connectivity index (χ0v) is 25.6. The maximum absolute atomic E-state index is 13.7. The molecule has 0 aliphatic carbocycles. The number of carbonyl (C=O) groups is 1. The number of benzene rings is 4. The Kier molecular flexibility index (Phi) is 8.31. The summed E-state index contributed by atoms with van der Waals surface area (Å²) >= 11 is 3.45. The van der Waals surface area contributed by atoms with Crippen molar-refractivity contribution in [3.8, 4) is 23.1 Å². The third-order valence-electron chi connectivity index (χ3n) is 6.91. The van der Waals surface area contributed by atoms with Gasteiger partial charge in [-0.15, -0.1) is 0 Å². The second-order valence-electron chi connectivity index (χ2n) is 9.96. The lowest BCUT2D eigenvalue weighted by atomic mass is 10.1. The van der Waals surface area contributed by atoms with Crippen molar-refractivity contribution in [1.29, 1.82) is 0 Å². The molecule has 0 radical (unpaired) electrons. The lowest BCUT2D eigenvalue weighted by molar-refractivity contribution is -0.386. The van der Waals surface area contributed by atoms with Crippen LogP contribution >= 0.6 is 15.9 Å². The Morgan fingerprint density at radius 2 is 1.87 bits per heavy atom. The second kappa shape index (κ2) is 12.7. The van der Waals surface area contributed by atoms with Gasteiger partial charge in [-0.3, -0.25) is 14.9 Å². The molecule has 0 aliphatic rings. The lowest BCUT2D eigenvalue weighted by Gasteiger charge is -2.13. The minimum atomic E-state index is -1.07. The fourth-order valence-corrected chi connectivity index (χ4v) is 5.14. The topological polar surface area (TPSA) is 159 Å². The molecule has 0 fully saturated rings. The highest BCUT2D eigenvalue weighted by Crippen LogP contribution is 2.39. The zero-order chi connectivity index (χ0) is 32.4. The molecule has 0 amide bonds. The number of ether oxygens (including phenoxy) is 2. The average molecular weight is 683 g/mol. The molecule has 13 heteroatoms. The van der Waals surface area contributed by atoms with Crippen molar-refractivity contribution in [3.63, 3.8) is 0 Å². The Balaban J connectivity index is 1.41. The van der Waals surface area contributed by atoms with Gasteiger partial charge in [0.25, 0.3) is 5.56 Å². The molecule has 0 atom stereocenters. The predicted octanol–water partition coefficient (Wildman–Crippen LogP) is 7.04. The zero-order valence-electron chi connectivity index (χ0n) is 24.0. The molecule has 230 valence electrons. The van der Waals surface area contributed by atoms with Crippen LogP contribution in [0.5, 0.6) is 11.5 Å². The number of hydrogen-bond donors (Lipinski definition) is 1. The highest BCUT2D eigenvalue weighted by atomic mass is 79.9. The number of nitrogens with zero attached hydrogens (tertiary/aromatic N) is 4. The summed E-state index contributed by atoms with van der Waals surface area (Å²) in [5.74, 6) is -0.647. The van der Waals surface area contributed by atoms with Gasteiger partial charge in [-0.2, -0.15) is 9.78 Å². The maximum Gasteiger partial charge on any atom is 0.335 e. The van der Waals surface area contributed by atoms with E-state index in [0.717, 1.165) is 14.5 Å². The lowest BCUT2D eigenvalue weighted by Crippen LogP contribution is -2.20. The Morgan fingerprint density at radius 1 is 1.09 bits per heavy atom. The molecular formula is C33H23BrN4O8. The Morgan fingerprint density at radius 3 is 2.61 bits per heavy atom. The Hall–Kier alpha value is -5.82. The molecule has 2 aromatic heterocycles. The number of halogens is 1. The van der Waals surface area contributed by atoms with Crippen LogP contribution in [0.4, 0.5) is 5.69 Å². The predicted molar refractivity (Wildman–Crippen MR) is 174 cm³/mol. The van der Waals surface area contributed by atoms with Crippen LogP contribution in [0.25, 0.3) is 33.5 Å². The highest BCUT2D eigenvalue weighted by Gasteiger charge is 2.23. The number of rotatable bonds is 10. The van der Waals surface area contributed by atoms with Gasteiger partial charge in [0.2, 0.25) is 11.6 Å². The van der Waals surface area contributed by atoms with Crippen molar-refractivity contribution in [2.24, 2.45) is 5.10 Å². The summed E-state index contributed by atoms with van der Waals surface area (Å²) in [6.07, 6.45) is 1.30. The molecule has 0 spiro atoms. The largest absolute Gasteiger partial charge is 0.490 e. The average Bonchev–Trinajstić information content (AvgIpc) is 3.47. The van der Waals surface area contributed by atoms with E-state index in [-0.39, 0.29) is 47.4 Å². The first-order chi connectivity index (χ1) is 22.2. The van der Waals surface area contributed by atoms with Crippen LogP contribution in [-0.2, 0) is 6.61 Å². The minimum absolute atomic E-state index is 0.0795. The molecule has 12 nitrogen and oxygen atoms in total. The summed E-state index contributed by atoms with van der Waals surface area (Å²) in [4.78, 5) is 41.0. The fraction of sp³-hybridized carbons (Fsp3) is 0.0909. The van der Waals surface area contributed by atoms with E-state index in [2.05, 4.69) is 26.0 Å². The van der Waals surface area contributed by atoms with Crippen LogP contribution in [0.1, 0.15) is 28.4 Å². The van der Waals surface area contributed by atoms with Gasteiger partial charge in [0.15, 0.2) is 11.5 Å². The van der Waals surface area contributed by atoms with Gasteiger partial charge >= 0.3 is 11.7 Å². The van der Waals surface area contributed by atoms with Crippen molar-refractivity contribution >= 4 is 55.7 Å². The molecule has 4 aromatic carbocycles. The number of nitro groups is 1. The van der Waals surface area contributed by atoms with E-state index in [1.807, 2.05) is 12.1 Å². The van der Waals surface area contributed by atoms with Gasteiger partial charge in [0, 0.05) is 21.5 Å². The van der Waals surface area contributed by atoms with E-state index >= 15 is 0 Å². The Labute approximate surface area is 268 Å². The van der Waals surface area contributed by atoms with Gasteiger partial charge in [0.1, 0.15) is 12.2 Å². The van der Waals surface area contributed by atoms with E-state index in [9.17, 15) is 19.7 Å². The minimum Gasteiger partial charge on any atom is -0.490 e. The molecule has 0 aliphatic heterocycles. The number of carboxylic acids is 1. The van der Waals surface area contributed by atoms with Crippen LogP contribution in [0.15, 0.2) is 104 Å². The molecule has 2 heterocycles. The SMILES string of the molecule is CCOc1cc(C=Nn2c(-c3cc4cc(Br)ccc4o3)nc3ccccc3c2=O)cc([N+](=O)[O-])c1OCc1ccc(C(=O)O)cc1. The van der Waals surface area contributed by atoms with Crippen molar-refractivity contribution in [1.82, 2.24) is 9.66 Å². The van der Waals surface area contributed by atoms with Gasteiger partial charge in [0.05, 0.1) is 34.2 Å². The van der Waals surface area contributed by atoms with E-state index in [4.69, 9.17) is 19.0 Å². The smallest absolute Gasteiger partial charge is 0.335 e. The van der Waals surface area contributed by atoms with Gasteiger partial charge in [-0.25, -0.2) is 9.78 Å². The first-order valence-electron chi connectivity index (χ1n) is 13.9. The molecular weight excluding hydrogens is 660 g/mol. The van der Waals surface area contributed by atoms with E-state index in [0.29, 0.717) is 27.8 Å². The number of para-hydroxylation sites is 1. The first-order valence-corrected chi connectivity index (χ1v) is 14.7. The monoisotopic (exact) mass is 682 g/mol. The van der Waals surface area contributed by atoms with Gasteiger partial charge in [-0.05, 0) is 67.1 Å². The first kappa shape index (κ1) is 30.2. The third kappa shape index (κ3) is 6.08. The van der Waals surface area contributed by atoms with Crippen molar-refractivity contribution < 1.29 is 28.7 Å². The molecule has 0 unspecified atom stereocenters. The number of nitro benzene ring substituents is 1. The van der Waals surface area contributed by atoms with Crippen LogP contribution < -0.4 is 15.0 Å². The van der Waals surface area contributed by atoms with Crippen molar-refractivity contribution in [3.05, 3.63) is 127 Å². The molecule has 0 saturated carbocycles. The van der Waals surface area contributed by atoms with E-state index in [1.165, 1.54) is 30.5 Å². The summed E-state index contributed by atoms with van der Waals surface area (Å²) < 4.78 is 19.5. The summed E-state index contributed by atoms with van der Waals surface area (Å²) in [5.41, 5.74) is 1.14. The van der Waals surface area contributed by atoms with Crippen LogP contribution in [0.2, 0.25) is 0 Å². The molecule has 6 rings (SSSR count).